The van der Waals surface area contributed by atoms with E-state index in [9.17, 15) is 17.2 Å². The molecule has 9 heteroatoms. The molecule has 5 nitrogen and oxygen atoms in total. The van der Waals surface area contributed by atoms with Gasteiger partial charge in [0.25, 0.3) is 6.43 Å². The normalized spacial score (nSPS) is 11.9. The number of benzene rings is 2. The molecule has 1 heterocycles. The van der Waals surface area contributed by atoms with Crippen LogP contribution in [-0.4, -0.2) is 18.2 Å². The fraction of sp³-hybridized carbons (Fsp3) is 0.0625. The van der Waals surface area contributed by atoms with Gasteiger partial charge in [-0.25, -0.2) is 27.0 Å². The van der Waals surface area contributed by atoms with Crippen LogP contribution in [0, 0.1) is 0 Å². The third-order valence-electron chi connectivity index (χ3n) is 3.51. The van der Waals surface area contributed by atoms with E-state index in [-0.39, 0.29) is 21.3 Å². The highest BCUT2D eigenvalue weighted by atomic mass is 35.5. The largest absolute Gasteiger partial charge is 0.283 e. The summed E-state index contributed by atoms with van der Waals surface area (Å²) in [6, 6.07) is 14.2. The molecule has 0 bridgehead atoms. The van der Waals surface area contributed by atoms with Crippen LogP contribution in [0.1, 0.15) is 12.1 Å². The molecule has 0 aliphatic heterocycles. The van der Waals surface area contributed by atoms with Gasteiger partial charge in [0, 0.05) is 5.56 Å². The molecular formula is C16H12ClF2N3O2S. The second-order valence-corrected chi connectivity index (χ2v) is 7.05. The molecule has 130 valence electrons. The Morgan fingerprint density at radius 3 is 2.24 bits per heavy atom. The first kappa shape index (κ1) is 17.5. The minimum atomic E-state index is -4.10. The van der Waals surface area contributed by atoms with E-state index >= 15 is 0 Å². The molecule has 0 atom stereocenters. The number of sulfonamides is 1. The van der Waals surface area contributed by atoms with E-state index in [2.05, 4.69) is 5.10 Å². The zero-order valence-electron chi connectivity index (χ0n) is 12.6. The lowest BCUT2D eigenvalue weighted by Gasteiger charge is -2.11. The topological polar surface area (TPSA) is 78.0 Å². The van der Waals surface area contributed by atoms with Crippen LogP contribution in [0.5, 0.6) is 0 Å². The first-order valence-corrected chi connectivity index (χ1v) is 8.97. The van der Waals surface area contributed by atoms with Crippen molar-refractivity contribution in [2.45, 2.75) is 11.3 Å². The van der Waals surface area contributed by atoms with E-state index in [1.807, 2.05) is 0 Å². The maximum atomic E-state index is 13.3. The number of aromatic nitrogens is 2. The number of rotatable bonds is 4. The first-order valence-electron chi connectivity index (χ1n) is 7.05. The fourth-order valence-corrected chi connectivity index (χ4v) is 3.47. The van der Waals surface area contributed by atoms with Crippen molar-refractivity contribution in [2.24, 2.45) is 5.14 Å². The summed E-state index contributed by atoms with van der Waals surface area (Å²) in [7, 11) is -4.10. The van der Waals surface area contributed by atoms with Crippen LogP contribution in [0.2, 0.25) is 5.02 Å². The van der Waals surface area contributed by atoms with Gasteiger partial charge in [0.05, 0.1) is 16.4 Å². The summed E-state index contributed by atoms with van der Waals surface area (Å²) in [5, 5.41) is 8.84. The molecular weight excluding hydrogens is 372 g/mol. The lowest BCUT2D eigenvalue weighted by atomic mass is 10.1. The fourth-order valence-electron chi connectivity index (χ4n) is 2.45. The molecule has 0 saturated heterocycles. The molecule has 0 saturated carbocycles. The van der Waals surface area contributed by atoms with E-state index in [1.54, 1.807) is 36.4 Å². The number of hydrogen-bond acceptors (Lipinski definition) is 3. The highest BCUT2D eigenvalue weighted by molar-refractivity contribution is 7.89. The van der Waals surface area contributed by atoms with Crippen LogP contribution in [0.3, 0.4) is 0 Å². The van der Waals surface area contributed by atoms with Crippen LogP contribution in [0.15, 0.2) is 59.5 Å². The first-order chi connectivity index (χ1) is 11.8. The van der Waals surface area contributed by atoms with Gasteiger partial charge in [0.15, 0.2) is 0 Å². The van der Waals surface area contributed by atoms with E-state index in [0.717, 1.165) is 4.68 Å². The third-order valence-corrected chi connectivity index (χ3v) is 4.84. The Balaban J connectivity index is 2.37. The highest BCUT2D eigenvalue weighted by Gasteiger charge is 2.26. The lowest BCUT2D eigenvalue weighted by molar-refractivity contribution is 0.145. The SMILES string of the molecule is NS(=O)(=O)c1ccccc1-n1nc(C(F)F)c(Cl)c1-c1ccccc1. The van der Waals surface area contributed by atoms with Crippen molar-refractivity contribution in [3.63, 3.8) is 0 Å². The monoisotopic (exact) mass is 383 g/mol. The number of hydrogen-bond donors (Lipinski definition) is 1. The summed E-state index contributed by atoms with van der Waals surface area (Å²) in [5.74, 6) is 0. The molecule has 2 aromatic carbocycles. The number of nitrogens with two attached hydrogens (primary N) is 1. The summed E-state index contributed by atoms with van der Waals surface area (Å²) < 4.78 is 51.4. The van der Waals surface area contributed by atoms with Gasteiger partial charge in [-0.1, -0.05) is 54.1 Å². The van der Waals surface area contributed by atoms with Gasteiger partial charge in [-0.2, -0.15) is 5.10 Å². The lowest BCUT2D eigenvalue weighted by Crippen LogP contribution is -2.16. The average Bonchev–Trinajstić information content (AvgIpc) is 2.92. The second kappa shape index (κ2) is 6.55. The van der Waals surface area contributed by atoms with Crippen molar-refractivity contribution < 1.29 is 17.2 Å². The van der Waals surface area contributed by atoms with Gasteiger partial charge >= 0.3 is 0 Å². The van der Waals surface area contributed by atoms with Crippen molar-refractivity contribution in [1.29, 1.82) is 0 Å². The predicted octanol–water partition coefficient (Wildman–Crippen LogP) is 3.78. The van der Waals surface area contributed by atoms with Crippen LogP contribution in [0.25, 0.3) is 16.9 Å². The zero-order chi connectivity index (χ0) is 18.2. The zero-order valence-corrected chi connectivity index (χ0v) is 14.2. The van der Waals surface area contributed by atoms with Crippen LogP contribution >= 0.6 is 11.6 Å². The van der Waals surface area contributed by atoms with Crippen LogP contribution in [-0.2, 0) is 10.0 Å². The minimum Gasteiger partial charge on any atom is -0.230 e. The van der Waals surface area contributed by atoms with Crippen molar-refractivity contribution in [3.8, 4) is 16.9 Å². The minimum absolute atomic E-state index is 0.0395. The van der Waals surface area contributed by atoms with Gasteiger partial charge < -0.3 is 0 Å². The van der Waals surface area contributed by atoms with E-state index in [1.165, 1.54) is 18.2 Å². The predicted molar refractivity (Wildman–Crippen MR) is 90.3 cm³/mol. The van der Waals surface area contributed by atoms with Crippen molar-refractivity contribution in [3.05, 3.63) is 65.3 Å². The quantitative estimate of drug-likeness (QED) is 0.744. The molecule has 0 aliphatic carbocycles. The second-order valence-electron chi connectivity index (χ2n) is 5.14. The Kier molecular flexibility index (Phi) is 4.59. The number of nitrogens with zero attached hydrogens (tertiary/aromatic N) is 2. The Hall–Kier alpha value is -2.29. The maximum absolute atomic E-state index is 13.3. The molecule has 1 aromatic heterocycles. The average molecular weight is 384 g/mol. The molecule has 3 rings (SSSR count). The Labute approximate surface area is 147 Å². The third kappa shape index (κ3) is 3.28. The molecule has 0 radical (unpaired) electrons. The molecule has 25 heavy (non-hydrogen) atoms. The van der Waals surface area contributed by atoms with Gasteiger partial charge in [-0.3, -0.25) is 0 Å². The van der Waals surface area contributed by atoms with Crippen LogP contribution < -0.4 is 5.14 Å². The van der Waals surface area contributed by atoms with Gasteiger partial charge in [-0.05, 0) is 12.1 Å². The van der Waals surface area contributed by atoms with Crippen LogP contribution in [0.4, 0.5) is 8.78 Å². The molecule has 0 unspecified atom stereocenters. The van der Waals surface area contributed by atoms with E-state index in [0.29, 0.717) is 5.56 Å². The number of primary sulfonamides is 1. The number of halogens is 3. The Morgan fingerprint density at radius 1 is 1.04 bits per heavy atom. The molecule has 0 aliphatic rings. The molecule has 2 N–H and O–H groups in total. The smallest absolute Gasteiger partial charge is 0.230 e. The van der Waals surface area contributed by atoms with Crippen molar-refractivity contribution in [2.75, 3.05) is 0 Å². The summed E-state index contributed by atoms with van der Waals surface area (Å²) >= 11 is 6.13. The highest BCUT2D eigenvalue weighted by Crippen LogP contribution is 2.37. The molecule has 3 aromatic rings. The summed E-state index contributed by atoms with van der Waals surface area (Å²) in [6.07, 6.45) is -2.92. The molecule has 0 fully saturated rings. The van der Waals surface area contributed by atoms with E-state index < -0.39 is 22.1 Å². The van der Waals surface area contributed by atoms with Gasteiger partial charge in [0.1, 0.15) is 10.6 Å². The molecule has 0 spiro atoms. The standard InChI is InChI=1S/C16H12ClF2N3O2S/c17-13-14(16(18)19)21-22(15(13)10-6-2-1-3-7-10)11-8-4-5-9-12(11)25(20,23)24/h1-9,16H,(H2,20,23,24). The maximum Gasteiger partial charge on any atom is 0.283 e. The van der Waals surface area contributed by atoms with E-state index in [4.69, 9.17) is 16.7 Å². The Bertz CT molecular complexity index is 1020. The Morgan fingerprint density at radius 2 is 1.64 bits per heavy atom. The van der Waals surface area contributed by atoms with Crippen molar-refractivity contribution in [1.82, 2.24) is 9.78 Å². The summed E-state index contributed by atoms with van der Waals surface area (Å²) in [6.45, 7) is 0. The van der Waals surface area contributed by atoms with Crippen molar-refractivity contribution >= 4 is 21.6 Å². The summed E-state index contributed by atoms with van der Waals surface area (Å²) in [5.41, 5.74) is 0.0761. The number of alkyl halides is 2. The van der Waals surface area contributed by atoms with Gasteiger partial charge in [0.2, 0.25) is 10.0 Å². The summed E-state index contributed by atoms with van der Waals surface area (Å²) in [4.78, 5) is -0.243. The number of para-hydroxylation sites is 1. The molecule has 0 amide bonds. The van der Waals surface area contributed by atoms with Gasteiger partial charge in [-0.15, -0.1) is 0 Å².